The minimum absolute atomic E-state index is 0.0597. The molecule has 1 aliphatic rings. The van der Waals surface area contributed by atoms with Gasteiger partial charge in [0.2, 0.25) is 5.91 Å². The van der Waals surface area contributed by atoms with Crippen LogP contribution in [0, 0.1) is 28.9 Å². The second-order valence-corrected chi connectivity index (χ2v) is 10.1. The number of alkyl halides is 2. The van der Waals surface area contributed by atoms with Crippen LogP contribution in [-0.4, -0.2) is 16.1 Å². The van der Waals surface area contributed by atoms with E-state index in [1.807, 2.05) is 0 Å². The van der Waals surface area contributed by atoms with E-state index in [9.17, 15) is 18.4 Å². The minimum Gasteiger partial charge on any atom is -0.326 e. The highest BCUT2D eigenvalue weighted by molar-refractivity contribution is 6.53. The smallest absolute Gasteiger partial charge is 0.258 e. The molecular formula is C24H13Cl4F2N3O2. The van der Waals surface area contributed by atoms with Crippen LogP contribution in [0.3, 0.4) is 0 Å². The molecule has 3 aromatic rings. The molecule has 0 spiro atoms. The Balaban J connectivity index is 1.51. The molecule has 11 heteroatoms. The third-order valence-corrected chi connectivity index (χ3v) is 6.78. The van der Waals surface area contributed by atoms with Crippen LogP contribution in [0.2, 0.25) is 10.0 Å². The summed E-state index contributed by atoms with van der Waals surface area (Å²) < 4.78 is 27.0. The van der Waals surface area contributed by atoms with Crippen LogP contribution in [0.25, 0.3) is 0 Å². The quantitative estimate of drug-likeness (QED) is 0.336. The van der Waals surface area contributed by atoms with E-state index in [4.69, 9.17) is 51.7 Å². The zero-order valence-corrected chi connectivity index (χ0v) is 20.4. The molecule has 0 heterocycles. The highest BCUT2D eigenvalue weighted by Gasteiger charge is 2.67. The molecule has 2 N–H and O–H groups in total. The topological polar surface area (TPSA) is 82.0 Å². The number of hydrogen-bond acceptors (Lipinski definition) is 3. The number of amides is 2. The van der Waals surface area contributed by atoms with Gasteiger partial charge in [-0.2, -0.15) is 5.26 Å². The fraction of sp³-hybridized carbons (Fsp3) is 0.125. The van der Waals surface area contributed by atoms with Crippen molar-refractivity contribution in [3.8, 4) is 6.07 Å². The normalized spacial score (nSPS) is 17.9. The highest BCUT2D eigenvalue weighted by Crippen LogP contribution is 2.65. The van der Waals surface area contributed by atoms with Crippen molar-refractivity contribution >= 4 is 69.6 Å². The zero-order chi connectivity index (χ0) is 25.5. The number of anilines is 2. The summed E-state index contributed by atoms with van der Waals surface area (Å²) in [5, 5.41) is 14.3. The van der Waals surface area contributed by atoms with Crippen molar-refractivity contribution in [3.05, 3.63) is 93.0 Å². The Bertz CT molecular complexity index is 1390. The molecule has 1 aliphatic carbocycles. The maximum atomic E-state index is 14.4. The van der Waals surface area contributed by atoms with Crippen LogP contribution in [0.5, 0.6) is 0 Å². The Morgan fingerprint density at radius 2 is 1.60 bits per heavy atom. The molecule has 0 bridgehead atoms. The predicted molar refractivity (Wildman–Crippen MR) is 131 cm³/mol. The summed E-state index contributed by atoms with van der Waals surface area (Å²) in [4.78, 5) is 25.5. The number of carbonyl (C=O) groups excluding carboxylic acids is 2. The monoisotopic (exact) mass is 553 g/mol. The van der Waals surface area contributed by atoms with Gasteiger partial charge in [0.15, 0.2) is 0 Å². The van der Waals surface area contributed by atoms with Crippen molar-refractivity contribution in [3.63, 3.8) is 0 Å². The van der Waals surface area contributed by atoms with Crippen molar-refractivity contribution in [1.82, 2.24) is 0 Å². The van der Waals surface area contributed by atoms with E-state index < -0.39 is 45.2 Å². The highest BCUT2D eigenvalue weighted by atomic mass is 35.5. The Morgan fingerprint density at radius 1 is 0.914 bits per heavy atom. The number of halogens is 6. The second kappa shape index (κ2) is 9.63. The lowest BCUT2D eigenvalue weighted by atomic mass is 10.1. The summed E-state index contributed by atoms with van der Waals surface area (Å²) >= 11 is 24.8. The average Bonchev–Trinajstić information content (AvgIpc) is 3.37. The van der Waals surface area contributed by atoms with E-state index in [1.165, 1.54) is 24.3 Å². The Labute approximate surface area is 218 Å². The first-order valence-electron chi connectivity index (χ1n) is 9.96. The first kappa shape index (κ1) is 25.2. The number of nitriles is 1. The maximum Gasteiger partial charge on any atom is 0.258 e. The summed E-state index contributed by atoms with van der Waals surface area (Å²) in [6, 6.07) is 13.3. The van der Waals surface area contributed by atoms with Crippen LogP contribution >= 0.6 is 46.4 Å². The number of benzene rings is 3. The number of rotatable bonds is 5. The van der Waals surface area contributed by atoms with Gasteiger partial charge in [-0.1, -0.05) is 23.2 Å². The number of nitrogens with zero attached hydrogens (tertiary/aromatic N) is 1. The van der Waals surface area contributed by atoms with E-state index in [0.717, 1.165) is 18.2 Å². The van der Waals surface area contributed by atoms with E-state index in [0.29, 0.717) is 15.6 Å². The van der Waals surface area contributed by atoms with E-state index in [2.05, 4.69) is 10.6 Å². The van der Waals surface area contributed by atoms with Gasteiger partial charge in [0.25, 0.3) is 5.91 Å². The van der Waals surface area contributed by atoms with Crippen LogP contribution in [0.15, 0.2) is 54.6 Å². The molecule has 1 saturated carbocycles. The molecule has 0 aliphatic heterocycles. The van der Waals surface area contributed by atoms with Gasteiger partial charge < -0.3 is 10.6 Å². The Hall–Kier alpha value is -2.89. The van der Waals surface area contributed by atoms with Gasteiger partial charge in [-0.25, -0.2) is 8.78 Å². The summed E-state index contributed by atoms with van der Waals surface area (Å²) in [5.41, 5.74) is 0.0583. The maximum absolute atomic E-state index is 14.4. The van der Waals surface area contributed by atoms with Crippen LogP contribution in [0.1, 0.15) is 27.4 Å². The summed E-state index contributed by atoms with van der Waals surface area (Å²) in [6.45, 7) is 0. The van der Waals surface area contributed by atoms with Gasteiger partial charge in [0.05, 0.1) is 28.8 Å². The van der Waals surface area contributed by atoms with Gasteiger partial charge >= 0.3 is 0 Å². The SMILES string of the molecule is N#Cc1ccc(NC(=O)c2cc(NC(=O)C3C(c4cc(Cl)cc(Cl)c4)C3(Cl)Cl)ccc2F)c(F)c1. The van der Waals surface area contributed by atoms with Crippen LogP contribution in [0.4, 0.5) is 20.2 Å². The third kappa shape index (κ3) is 5.21. The van der Waals surface area contributed by atoms with E-state index in [1.54, 1.807) is 18.2 Å². The summed E-state index contributed by atoms with van der Waals surface area (Å²) in [6.07, 6.45) is 0. The molecule has 1 fully saturated rings. The average molecular weight is 555 g/mol. The lowest BCUT2D eigenvalue weighted by molar-refractivity contribution is -0.117. The van der Waals surface area contributed by atoms with Crippen LogP contribution < -0.4 is 10.6 Å². The lowest BCUT2D eigenvalue weighted by Crippen LogP contribution is -2.19. The molecule has 0 aromatic heterocycles. The van der Waals surface area contributed by atoms with Gasteiger partial charge in [-0.15, -0.1) is 23.2 Å². The van der Waals surface area contributed by atoms with E-state index >= 15 is 0 Å². The molecule has 0 radical (unpaired) electrons. The zero-order valence-electron chi connectivity index (χ0n) is 17.4. The summed E-state index contributed by atoms with van der Waals surface area (Å²) in [5.74, 6) is -4.73. The standard InChI is InChI=1S/C24H13Cl4F2N3O2/c25-13-6-12(7-14(26)8-13)20-21(24(20,27)28)23(35)32-15-2-3-17(29)16(9-15)22(34)33-19-4-1-11(10-31)5-18(19)30/h1-9,20-21H,(H,32,35)(H,33,34). The van der Waals surface area contributed by atoms with Crippen molar-refractivity contribution in [2.45, 2.75) is 10.3 Å². The lowest BCUT2D eigenvalue weighted by Gasteiger charge is -2.10. The van der Waals surface area contributed by atoms with Crippen molar-refractivity contribution in [2.75, 3.05) is 10.6 Å². The Morgan fingerprint density at radius 3 is 2.23 bits per heavy atom. The molecule has 35 heavy (non-hydrogen) atoms. The van der Waals surface area contributed by atoms with Crippen molar-refractivity contribution < 1.29 is 18.4 Å². The molecule has 2 atom stereocenters. The molecule has 2 amide bonds. The van der Waals surface area contributed by atoms with Crippen molar-refractivity contribution in [2.24, 2.45) is 5.92 Å². The number of nitrogens with one attached hydrogen (secondary N) is 2. The van der Waals surface area contributed by atoms with Gasteiger partial charge in [0.1, 0.15) is 16.0 Å². The third-order valence-electron chi connectivity index (χ3n) is 5.40. The van der Waals surface area contributed by atoms with Gasteiger partial charge in [-0.3, -0.25) is 9.59 Å². The van der Waals surface area contributed by atoms with Crippen molar-refractivity contribution in [1.29, 1.82) is 5.26 Å². The predicted octanol–water partition coefficient (Wildman–Crippen LogP) is 6.92. The molecule has 4 rings (SSSR count). The molecule has 178 valence electrons. The first-order chi connectivity index (χ1) is 16.5. The van der Waals surface area contributed by atoms with Gasteiger partial charge in [0, 0.05) is 21.7 Å². The first-order valence-corrected chi connectivity index (χ1v) is 11.5. The Kier molecular flexibility index (Phi) is 6.94. The molecular weight excluding hydrogens is 542 g/mol. The second-order valence-electron chi connectivity index (χ2n) is 7.78. The van der Waals surface area contributed by atoms with E-state index in [-0.39, 0.29) is 16.9 Å². The fourth-order valence-corrected chi connectivity index (χ4v) is 5.07. The molecule has 5 nitrogen and oxygen atoms in total. The number of carbonyl (C=O) groups is 2. The number of hydrogen-bond donors (Lipinski definition) is 2. The molecule has 2 unspecified atom stereocenters. The molecule has 3 aromatic carbocycles. The minimum atomic E-state index is -1.43. The largest absolute Gasteiger partial charge is 0.326 e. The van der Waals surface area contributed by atoms with Gasteiger partial charge in [-0.05, 0) is 60.2 Å². The molecule has 0 saturated heterocycles. The fourth-order valence-electron chi connectivity index (χ4n) is 3.70. The summed E-state index contributed by atoms with van der Waals surface area (Å²) in [7, 11) is 0. The van der Waals surface area contributed by atoms with Crippen LogP contribution in [-0.2, 0) is 4.79 Å².